The molecule has 0 unspecified atom stereocenters. The topological polar surface area (TPSA) is 94.4 Å². The summed E-state index contributed by atoms with van der Waals surface area (Å²) in [5.41, 5.74) is 2.36. The first-order valence-electron chi connectivity index (χ1n) is 11.9. The van der Waals surface area contributed by atoms with E-state index in [9.17, 15) is 9.59 Å². The average molecular weight is 539 g/mol. The van der Waals surface area contributed by atoms with E-state index in [0.717, 1.165) is 17.5 Å². The molecule has 2 aliphatic rings. The van der Waals surface area contributed by atoms with Crippen LogP contribution in [0.3, 0.4) is 0 Å². The molecule has 0 aliphatic carbocycles. The Labute approximate surface area is 223 Å². The highest BCUT2D eigenvalue weighted by Crippen LogP contribution is 2.36. The molecule has 2 aliphatic heterocycles. The summed E-state index contributed by atoms with van der Waals surface area (Å²) >= 11 is 6.69. The number of carbonyl (C=O) groups excluding carboxylic acids is 1. The summed E-state index contributed by atoms with van der Waals surface area (Å²) < 4.78 is 18.1. The van der Waals surface area contributed by atoms with Crippen molar-refractivity contribution >= 4 is 51.7 Å². The predicted molar refractivity (Wildman–Crippen MR) is 147 cm³/mol. The lowest BCUT2D eigenvalue weighted by Gasteiger charge is -2.15. The van der Waals surface area contributed by atoms with E-state index in [1.54, 1.807) is 18.3 Å². The fourth-order valence-electron chi connectivity index (χ4n) is 4.04. The lowest BCUT2D eigenvalue weighted by atomic mass is 10.2. The van der Waals surface area contributed by atoms with Gasteiger partial charge < -0.3 is 19.5 Å². The van der Waals surface area contributed by atoms with Gasteiger partial charge in [-0.1, -0.05) is 36.1 Å². The van der Waals surface area contributed by atoms with E-state index in [2.05, 4.69) is 10.3 Å². The van der Waals surface area contributed by atoms with Crippen LogP contribution in [0.2, 0.25) is 0 Å². The molecule has 11 heteroatoms. The van der Waals surface area contributed by atoms with Crippen LogP contribution in [-0.4, -0.2) is 51.1 Å². The second kappa shape index (κ2) is 10.9. The summed E-state index contributed by atoms with van der Waals surface area (Å²) in [6.45, 7) is 6.14. The van der Waals surface area contributed by atoms with Crippen molar-refractivity contribution in [3.8, 4) is 11.5 Å². The van der Waals surface area contributed by atoms with Gasteiger partial charge in [-0.3, -0.25) is 18.9 Å². The van der Waals surface area contributed by atoms with E-state index >= 15 is 0 Å². The highest BCUT2D eigenvalue weighted by molar-refractivity contribution is 8.26. The number of anilines is 1. The third-order valence-electron chi connectivity index (χ3n) is 5.89. The second-order valence-corrected chi connectivity index (χ2v) is 10.2. The van der Waals surface area contributed by atoms with E-state index < -0.39 is 0 Å². The van der Waals surface area contributed by atoms with Gasteiger partial charge in [0.1, 0.15) is 15.8 Å². The number of aromatic nitrogens is 2. The highest BCUT2D eigenvalue weighted by atomic mass is 32.2. The van der Waals surface area contributed by atoms with Crippen LogP contribution in [-0.2, 0) is 16.1 Å². The first-order chi connectivity index (χ1) is 17.9. The maximum absolute atomic E-state index is 13.5. The Hall–Kier alpha value is -3.41. The van der Waals surface area contributed by atoms with Gasteiger partial charge in [-0.25, -0.2) is 4.98 Å². The Morgan fingerprint density at radius 3 is 2.89 bits per heavy atom. The number of hydrogen-bond acceptors (Lipinski definition) is 9. The van der Waals surface area contributed by atoms with E-state index in [-0.39, 0.29) is 24.8 Å². The quantitative estimate of drug-likeness (QED) is 0.247. The molecule has 1 fully saturated rings. The molecule has 3 aromatic rings. The Bertz CT molecular complexity index is 1470. The first-order valence-corrected chi connectivity index (χ1v) is 13.2. The SMILES string of the molecule is CCOCCCNc1nc2ccc(C)cn2c(=O)c1C=C1SC(=S)N(Cc2ccc3c(c2)OCO3)C1=O. The Balaban J connectivity index is 1.44. The lowest BCUT2D eigenvalue weighted by Crippen LogP contribution is -2.27. The van der Waals surface area contributed by atoms with Gasteiger partial charge in [-0.15, -0.1) is 0 Å². The third-order valence-corrected chi connectivity index (χ3v) is 7.27. The molecular weight excluding hydrogens is 512 g/mol. The van der Waals surface area contributed by atoms with Crippen LogP contribution in [0.1, 0.15) is 30.0 Å². The summed E-state index contributed by atoms with van der Waals surface area (Å²) in [6, 6.07) is 9.25. The van der Waals surface area contributed by atoms with Crippen molar-refractivity contribution < 1.29 is 19.0 Å². The lowest BCUT2D eigenvalue weighted by molar-refractivity contribution is -0.122. The highest BCUT2D eigenvalue weighted by Gasteiger charge is 2.33. The van der Waals surface area contributed by atoms with Crippen molar-refractivity contribution in [2.24, 2.45) is 0 Å². The summed E-state index contributed by atoms with van der Waals surface area (Å²) in [4.78, 5) is 33.4. The number of amides is 1. The number of ether oxygens (including phenoxy) is 3. The Morgan fingerprint density at radius 2 is 2.05 bits per heavy atom. The zero-order valence-electron chi connectivity index (χ0n) is 20.5. The molecule has 1 amide bonds. The smallest absolute Gasteiger partial charge is 0.267 e. The standard InChI is InChI=1S/C26H26N4O5S2/c1-3-33-10-4-9-27-23-18(24(31)29-13-16(2)5-8-22(29)28-23)12-21-25(32)30(26(36)37-21)14-17-6-7-19-20(11-17)35-15-34-19/h5-8,11-13,27H,3-4,9-10,14-15H2,1-2H3. The fraction of sp³-hybridized carbons (Fsp3) is 0.308. The maximum atomic E-state index is 13.5. The summed E-state index contributed by atoms with van der Waals surface area (Å²) in [7, 11) is 0. The van der Waals surface area contributed by atoms with E-state index in [1.165, 1.54) is 21.1 Å². The number of nitrogens with one attached hydrogen (secondary N) is 1. The first kappa shape index (κ1) is 25.2. The van der Waals surface area contributed by atoms with Gasteiger partial charge in [0, 0.05) is 26.0 Å². The number of benzene rings is 1. The minimum atomic E-state index is -0.262. The second-order valence-electron chi connectivity index (χ2n) is 8.55. The van der Waals surface area contributed by atoms with E-state index in [1.807, 2.05) is 38.1 Å². The summed E-state index contributed by atoms with van der Waals surface area (Å²) in [6.07, 6.45) is 4.08. The van der Waals surface area contributed by atoms with Gasteiger partial charge in [-0.05, 0) is 55.7 Å². The minimum absolute atomic E-state index is 0.180. The van der Waals surface area contributed by atoms with Crippen LogP contribution in [0.25, 0.3) is 11.7 Å². The van der Waals surface area contributed by atoms with E-state index in [4.69, 9.17) is 26.4 Å². The number of thioether (sulfide) groups is 1. The van der Waals surface area contributed by atoms with Gasteiger partial charge in [0.25, 0.3) is 11.5 Å². The fourth-order valence-corrected chi connectivity index (χ4v) is 5.28. The molecule has 0 spiro atoms. The minimum Gasteiger partial charge on any atom is -0.454 e. The zero-order chi connectivity index (χ0) is 25.9. The van der Waals surface area contributed by atoms with Gasteiger partial charge in [-0.2, -0.15) is 0 Å². The summed E-state index contributed by atoms with van der Waals surface area (Å²) in [5, 5.41) is 3.25. The Morgan fingerprint density at radius 1 is 1.22 bits per heavy atom. The molecule has 0 saturated carbocycles. The van der Waals surface area contributed by atoms with Crippen LogP contribution in [0.4, 0.5) is 5.82 Å². The molecule has 0 bridgehead atoms. The molecule has 1 saturated heterocycles. The van der Waals surface area contributed by atoms with Gasteiger partial charge in [0.15, 0.2) is 11.5 Å². The van der Waals surface area contributed by atoms with Gasteiger partial charge in [0.2, 0.25) is 6.79 Å². The monoisotopic (exact) mass is 538 g/mol. The molecule has 4 heterocycles. The molecule has 0 radical (unpaired) electrons. The third kappa shape index (κ3) is 5.34. The van der Waals surface area contributed by atoms with Crippen LogP contribution in [0.5, 0.6) is 11.5 Å². The molecular formula is C26H26N4O5S2. The van der Waals surface area contributed by atoms with Crippen LogP contribution < -0.4 is 20.3 Å². The molecule has 0 atom stereocenters. The van der Waals surface area contributed by atoms with E-state index in [0.29, 0.717) is 57.5 Å². The predicted octanol–water partition coefficient (Wildman–Crippen LogP) is 3.97. The normalized spacial score (nSPS) is 15.8. The van der Waals surface area contributed by atoms with Crippen LogP contribution in [0.15, 0.2) is 46.2 Å². The number of fused-ring (bicyclic) bond motifs is 2. The van der Waals surface area contributed by atoms with Crippen molar-refractivity contribution in [1.29, 1.82) is 0 Å². The molecule has 2 aromatic heterocycles. The van der Waals surface area contributed by atoms with Crippen molar-refractivity contribution in [1.82, 2.24) is 14.3 Å². The number of pyridine rings is 1. The molecule has 5 rings (SSSR count). The largest absolute Gasteiger partial charge is 0.454 e. The van der Waals surface area contributed by atoms with Crippen molar-refractivity contribution in [2.45, 2.75) is 26.8 Å². The number of thiocarbonyl (C=S) groups is 1. The number of hydrogen-bond donors (Lipinski definition) is 1. The van der Waals surface area contributed by atoms with Crippen LogP contribution in [0, 0.1) is 6.92 Å². The molecule has 192 valence electrons. The Kier molecular flexibility index (Phi) is 7.45. The van der Waals surface area contributed by atoms with Crippen LogP contribution >= 0.6 is 24.0 Å². The zero-order valence-corrected chi connectivity index (χ0v) is 22.1. The van der Waals surface area contributed by atoms with Crippen molar-refractivity contribution in [2.75, 3.05) is 31.9 Å². The van der Waals surface area contributed by atoms with Crippen molar-refractivity contribution in [3.05, 3.63) is 68.5 Å². The molecule has 1 N–H and O–H groups in total. The maximum Gasteiger partial charge on any atom is 0.267 e. The average Bonchev–Trinajstić information content (AvgIpc) is 3.46. The summed E-state index contributed by atoms with van der Waals surface area (Å²) in [5.74, 6) is 1.48. The number of carbonyl (C=O) groups is 1. The molecule has 9 nitrogen and oxygen atoms in total. The number of nitrogens with zero attached hydrogens (tertiary/aromatic N) is 3. The van der Waals surface area contributed by atoms with Gasteiger partial charge >= 0.3 is 0 Å². The molecule has 37 heavy (non-hydrogen) atoms. The van der Waals surface area contributed by atoms with Gasteiger partial charge in [0.05, 0.1) is 17.0 Å². The molecule has 1 aromatic carbocycles. The number of aryl methyl sites for hydroxylation is 1. The van der Waals surface area contributed by atoms with Crippen molar-refractivity contribution in [3.63, 3.8) is 0 Å². The number of rotatable bonds is 9.